The fraction of sp³-hybridized carbons (Fsp3) is 0.304. The van der Waals surface area contributed by atoms with Crippen LogP contribution in [-0.4, -0.2) is 14.8 Å². The minimum Gasteiger partial charge on any atom is -0.259 e. The molecule has 4 rings (SSSR count). The van der Waals surface area contributed by atoms with Gasteiger partial charge in [0.15, 0.2) is 0 Å². The second kappa shape index (κ2) is 5.94. The molecule has 3 nitrogen and oxygen atoms in total. The van der Waals surface area contributed by atoms with Crippen molar-refractivity contribution < 1.29 is 0 Å². The first-order valence-corrected chi connectivity index (χ1v) is 9.16. The summed E-state index contributed by atoms with van der Waals surface area (Å²) in [6.07, 6.45) is 4.84. The lowest BCUT2D eigenvalue weighted by atomic mass is 9.70. The van der Waals surface area contributed by atoms with Crippen LogP contribution in [0.1, 0.15) is 33.3 Å². The summed E-state index contributed by atoms with van der Waals surface area (Å²) in [5.74, 6) is 0. The third-order valence-electron chi connectivity index (χ3n) is 6.03. The summed E-state index contributed by atoms with van der Waals surface area (Å²) in [5.41, 5.74) is 3.42. The molecule has 3 heteroatoms. The molecule has 0 aliphatic rings. The third-order valence-corrected chi connectivity index (χ3v) is 6.03. The lowest BCUT2D eigenvalue weighted by molar-refractivity contribution is 0.109. The lowest BCUT2D eigenvalue weighted by Gasteiger charge is -2.42. The number of fused-ring (bicyclic) bond motifs is 2. The van der Waals surface area contributed by atoms with E-state index in [-0.39, 0.29) is 11.0 Å². The second-order valence-electron chi connectivity index (χ2n) is 8.22. The maximum atomic E-state index is 4.74. The molecular formula is C23H25N3. The first-order valence-electron chi connectivity index (χ1n) is 9.16. The quantitative estimate of drug-likeness (QED) is 0.484. The fourth-order valence-electron chi connectivity index (χ4n) is 3.71. The van der Waals surface area contributed by atoms with E-state index in [1.807, 2.05) is 18.5 Å². The van der Waals surface area contributed by atoms with Gasteiger partial charge in [0.2, 0.25) is 0 Å². The van der Waals surface area contributed by atoms with E-state index in [9.17, 15) is 0 Å². The van der Waals surface area contributed by atoms with Gasteiger partial charge < -0.3 is 0 Å². The number of para-hydroxylation sites is 2. The van der Waals surface area contributed by atoms with Crippen molar-refractivity contribution in [2.24, 2.45) is 5.41 Å². The number of nitrogens with zero attached hydrogens (tertiary/aromatic N) is 3. The summed E-state index contributed by atoms with van der Waals surface area (Å²) in [7, 11) is 0. The maximum Gasteiger partial charge on any atom is 0.0704 e. The minimum atomic E-state index is -0.152. The largest absolute Gasteiger partial charge is 0.259 e. The number of pyridine rings is 1. The number of benzene rings is 2. The van der Waals surface area contributed by atoms with Crippen LogP contribution >= 0.6 is 0 Å². The molecule has 0 N–H and O–H groups in total. The Morgan fingerprint density at radius 1 is 0.885 bits per heavy atom. The summed E-state index contributed by atoms with van der Waals surface area (Å²) >= 11 is 0. The molecule has 2 aromatic heterocycles. The summed E-state index contributed by atoms with van der Waals surface area (Å²) in [6, 6.07) is 19.0. The van der Waals surface area contributed by atoms with Gasteiger partial charge in [-0.15, -0.1) is 0 Å². The summed E-state index contributed by atoms with van der Waals surface area (Å²) in [4.78, 5) is 4.51. The highest BCUT2D eigenvalue weighted by molar-refractivity contribution is 5.82. The molecule has 0 radical (unpaired) electrons. The van der Waals surface area contributed by atoms with Crippen LogP contribution in [0.25, 0.3) is 21.8 Å². The van der Waals surface area contributed by atoms with Gasteiger partial charge in [0.05, 0.1) is 22.8 Å². The Kier molecular flexibility index (Phi) is 3.83. The monoisotopic (exact) mass is 343 g/mol. The van der Waals surface area contributed by atoms with Crippen LogP contribution in [0.2, 0.25) is 0 Å². The Morgan fingerprint density at radius 3 is 2.46 bits per heavy atom. The van der Waals surface area contributed by atoms with Gasteiger partial charge in [0, 0.05) is 17.0 Å². The molecule has 0 spiro atoms. The fourth-order valence-corrected chi connectivity index (χ4v) is 3.71. The number of aromatic nitrogens is 3. The molecule has 0 saturated heterocycles. The van der Waals surface area contributed by atoms with Crippen LogP contribution < -0.4 is 0 Å². The van der Waals surface area contributed by atoms with Gasteiger partial charge in [-0.1, -0.05) is 50.2 Å². The molecule has 2 heterocycles. The van der Waals surface area contributed by atoms with Crippen LogP contribution in [0.15, 0.2) is 67.0 Å². The molecule has 132 valence electrons. The molecule has 0 unspecified atom stereocenters. The Labute approximate surface area is 154 Å². The van der Waals surface area contributed by atoms with Gasteiger partial charge in [-0.05, 0) is 49.4 Å². The maximum absolute atomic E-state index is 4.74. The molecular weight excluding hydrogens is 318 g/mol. The van der Waals surface area contributed by atoms with Crippen molar-refractivity contribution in [2.75, 3.05) is 0 Å². The van der Waals surface area contributed by atoms with Gasteiger partial charge in [0.1, 0.15) is 0 Å². The summed E-state index contributed by atoms with van der Waals surface area (Å²) in [6.45, 7) is 9.24. The summed E-state index contributed by atoms with van der Waals surface area (Å²) < 4.78 is 2.19. The van der Waals surface area contributed by atoms with E-state index in [0.29, 0.717) is 0 Å². The van der Waals surface area contributed by atoms with E-state index >= 15 is 0 Å². The average Bonchev–Trinajstić information content (AvgIpc) is 3.06. The molecule has 4 aromatic rings. The van der Waals surface area contributed by atoms with Gasteiger partial charge in [0.25, 0.3) is 0 Å². The molecule has 0 fully saturated rings. The minimum absolute atomic E-state index is 0.00802. The Morgan fingerprint density at radius 2 is 1.62 bits per heavy atom. The normalized spacial score (nSPS) is 12.8. The van der Waals surface area contributed by atoms with E-state index < -0.39 is 0 Å². The molecule has 0 amide bonds. The van der Waals surface area contributed by atoms with Crippen molar-refractivity contribution in [1.29, 1.82) is 0 Å². The highest BCUT2D eigenvalue weighted by Crippen LogP contribution is 2.41. The topological polar surface area (TPSA) is 30.7 Å². The van der Waals surface area contributed by atoms with Crippen molar-refractivity contribution in [3.63, 3.8) is 0 Å². The zero-order chi connectivity index (χ0) is 18.4. The zero-order valence-electron chi connectivity index (χ0n) is 15.9. The summed E-state index contributed by atoms with van der Waals surface area (Å²) in [5, 5.41) is 7.17. The Bertz CT molecular complexity index is 1070. The second-order valence-corrected chi connectivity index (χ2v) is 8.22. The highest BCUT2D eigenvalue weighted by Gasteiger charge is 2.40. The Balaban J connectivity index is 1.77. The van der Waals surface area contributed by atoms with E-state index in [2.05, 4.69) is 85.9 Å². The smallest absolute Gasteiger partial charge is 0.0704 e. The molecule has 0 saturated carbocycles. The standard InChI is InChI=1S/C23H25N3/c1-22(2,15-17-13-14-24-20-11-7-6-10-19(17)20)23(3,4)26-21-12-8-5-9-18(21)16-25-26/h5-14,16H,15H2,1-4H3. The molecule has 0 atom stereocenters. The molecule has 0 aliphatic carbocycles. The molecule has 0 aliphatic heterocycles. The van der Waals surface area contributed by atoms with E-state index in [0.717, 1.165) is 11.9 Å². The SMILES string of the molecule is CC(C)(Cc1ccnc2ccccc12)C(C)(C)n1ncc2ccccc21. The zero-order valence-corrected chi connectivity index (χ0v) is 15.9. The van der Waals surface area contributed by atoms with Gasteiger partial charge in [-0.25, -0.2) is 0 Å². The number of hydrogen-bond acceptors (Lipinski definition) is 2. The van der Waals surface area contributed by atoms with E-state index in [1.165, 1.54) is 21.9 Å². The molecule has 26 heavy (non-hydrogen) atoms. The molecule has 0 bridgehead atoms. The predicted octanol–water partition coefficient (Wildman–Crippen LogP) is 5.59. The predicted molar refractivity (Wildman–Crippen MR) is 108 cm³/mol. The van der Waals surface area contributed by atoms with Crippen molar-refractivity contribution in [3.8, 4) is 0 Å². The van der Waals surface area contributed by atoms with Crippen molar-refractivity contribution in [3.05, 3.63) is 72.6 Å². The molecule has 2 aromatic carbocycles. The van der Waals surface area contributed by atoms with E-state index in [4.69, 9.17) is 5.10 Å². The van der Waals surface area contributed by atoms with Gasteiger partial charge in [-0.3, -0.25) is 9.67 Å². The first kappa shape index (κ1) is 16.8. The van der Waals surface area contributed by atoms with Gasteiger partial charge >= 0.3 is 0 Å². The Hall–Kier alpha value is -2.68. The van der Waals surface area contributed by atoms with Crippen LogP contribution in [0, 0.1) is 5.41 Å². The van der Waals surface area contributed by atoms with Crippen molar-refractivity contribution >= 4 is 21.8 Å². The van der Waals surface area contributed by atoms with Crippen LogP contribution in [0.5, 0.6) is 0 Å². The van der Waals surface area contributed by atoms with Gasteiger partial charge in [-0.2, -0.15) is 5.10 Å². The first-order chi connectivity index (χ1) is 12.4. The van der Waals surface area contributed by atoms with Crippen LogP contribution in [0.4, 0.5) is 0 Å². The van der Waals surface area contributed by atoms with Crippen molar-refractivity contribution in [1.82, 2.24) is 14.8 Å². The van der Waals surface area contributed by atoms with Crippen LogP contribution in [-0.2, 0) is 12.0 Å². The third kappa shape index (κ3) is 2.59. The number of rotatable bonds is 4. The highest BCUT2D eigenvalue weighted by atomic mass is 15.3. The number of hydrogen-bond donors (Lipinski definition) is 0. The lowest BCUT2D eigenvalue weighted by Crippen LogP contribution is -2.44. The van der Waals surface area contributed by atoms with E-state index in [1.54, 1.807) is 0 Å². The van der Waals surface area contributed by atoms with Crippen LogP contribution in [0.3, 0.4) is 0 Å². The van der Waals surface area contributed by atoms with Crippen molar-refractivity contribution in [2.45, 2.75) is 39.7 Å². The average molecular weight is 343 g/mol.